The molecule has 2 unspecified atom stereocenters. The predicted molar refractivity (Wildman–Crippen MR) is 81.4 cm³/mol. The van der Waals surface area contributed by atoms with Crippen molar-refractivity contribution in [2.45, 2.75) is 58.5 Å². The van der Waals surface area contributed by atoms with Gasteiger partial charge in [-0.1, -0.05) is 26.8 Å². The highest BCUT2D eigenvalue weighted by molar-refractivity contribution is 5.49. The number of anilines is 1. The molecule has 0 spiro atoms. The number of rotatable bonds is 5. The Hall–Kier alpha value is -1.09. The van der Waals surface area contributed by atoms with Crippen molar-refractivity contribution in [2.24, 2.45) is 11.7 Å². The van der Waals surface area contributed by atoms with Gasteiger partial charge in [-0.15, -0.1) is 0 Å². The average Bonchev–Trinajstić information content (AvgIpc) is 2.88. The summed E-state index contributed by atoms with van der Waals surface area (Å²) in [7, 11) is 0. The molecule has 3 heteroatoms. The Morgan fingerprint density at radius 2 is 2.26 bits per heavy atom. The highest BCUT2D eigenvalue weighted by Gasteiger charge is 2.29. The van der Waals surface area contributed by atoms with Gasteiger partial charge >= 0.3 is 0 Å². The van der Waals surface area contributed by atoms with Crippen molar-refractivity contribution in [1.29, 1.82) is 0 Å². The summed E-state index contributed by atoms with van der Waals surface area (Å²) in [6.07, 6.45) is 6.42. The van der Waals surface area contributed by atoms with Crippen molar-refractivity contribution in [3.63, 3.8) is 0 Å². The topological polar surface area (TPSA) is 42.1 Å². The van der Waals surface area contributed by atoms with Crippen LogP contribution in [-0.4, -0.2) is 23.6 Å². The van der Waals surface area contributed by atoms with E-state index in [-0.39, 0.29) is 6.04 Å². The molecular formula is C16H27N3. The molecule has 1 aromatic heterocycles. The Morgan fingerprint density at radius 3 is 2.95 bits per heavy atom. The second-order valence-corrected chi connectivity index (χ2v) is 6.01. The summed E-state index contributed by atoms with van der Waals surface area (Å²) in [5.74, 6) is 1.85. The molecule has 1 aliphatic rings. The molecule has 2 rings (SSSR count). The molecule has 1 aromatic rings. The Labute approximate surface area is 117 Å². The standard InChI is InChI=1S/C16H27N3/c1-4-14(17)11-13-7-5-9-18-16(13)19-10-6-8-15(19)12(2)3/h5,7,9,12,14-15H,4,6,8,10-11,17H2,1-3H3. The first-order valence-electron chi connectivity index (χ1n) is 7.59. The number of aromatic nitrogens is 1. The first-order valence-corrected chi connectivity index (χ1v) is 7.59. The smallest absolute Gasteiger partial charge is 0.132 e. The van der Waals surface area contributed by atoms with Gasteiger partial charge in [0, 0.05) is 24.8 Å². The van der Waals surface area contributed by atoms with E-state index in [9.17, 15) is 0 Å². The lowest BCUT2D eigenvalue weighted by Crippen LogP contribution is -2.35. The maximum absolute atomic E-state index is 6.12. The maximum atomic E-state index is 6.12. The number of hydrogen-bond donors (Lipinski definition) is 1. The van der Waals surface area contributed by atoms with Crippen LogP contribution in [0.25, 0.3) is 0 Å². The third-order valence-electron chi connectivity index (χ3n) is 4.21. The number of nitrogens with two attached hydrogens (primary N) is 1. The molecule has 0 saturated carbocycles. The van der Waals surface area contributed by atoms with E-state index in [2.05, 4.69) is 36.7 Å². The largest absolute Gasteiger partial charge is 0.353 e. The van der Waals surface area contributed by atoms with Gasteiger partial charge in [0.1, 0.15) is 5.82 Å². The van der Waals surface area contributed by atoms with Crippen LogP contribution in [0.3, 0.4) is 0 Å². The van der Waals surface area contributed by atoms with Crippen LogP contribution in [0.5, 0.6) is 0 Å². The quantitative estimate of drug-likeness (QED) is 0.886. The summed E-state index contributed by atoms with van der Waals surface area (Å²) in [6, 6.07) is 5.09. The molecule has 0 aliphatic carbocycles. The van der Waals surface area contributed by atoms with Gasteiger partial charge in [-0.3, -0.25) is 0 Å². The Bertz CT molecular complexity index is 403. The van der Waals surface area contributed by atoms with Crippen molar-refractivity contribution in [2.75, 3.05) is 11.4 Å². The third-order valence-corrected chi connectivity index (χ3v) is 4.21. The van der Waals surface area contributed by atoms with E-state index in [4.69, 9.17) is 5.73 Å². The van der Waals surface area contributed by atoms with Gasteiger partial charge < -0.3 is 10.6 Å². The van der Waals surface area contributed by atoms with Gasteiger partial charge in [0.25, 0.3) is 0 Å². The summed E-state index contributed by atoms with van der Waals surface area (Å²) in [5.41, 5.74) is 7.43. The Morgan fingerprint density at radius 1 is 1.47 bits per heavy atom. The molecule has 19 heavy (non-hydrogen) atoms. The molecule has 3 nitrogen and oxygen atoms in total. The van der Waals surface area contributed by atoms with Crippen LogP contribution in [0.1, 0.15) is 45.6 Å². The molecule has 1 fully saturated rings. The first-order chi connectivity index (χ1) is 9.13. The third kappa shape index (κ3) is 3.27. The second kappa shape index (κ2) is 6.38. The fourth-order valence-electron chi connectivity index (χ4n) is 3.02. The zero-order valence-electron chi connectivity index (χ0n) is 12.5. The van der Waals surface area contributed by atoms with E-state index in [0.717, 1.165) is 19.4 Å². The lowest BCUT2D eigenvalue weighted by Gasteiger charge is -2.30. The van der Waals surface area contributed by atoms with Crippen LogP contribution in [0.15, 0.2) is 18.3 Å². The summed E-state index contributed by atoms with van der Waals surface area (Å²) >= 11 is 0. The van der Waals surface area contributed by atoms with E-state index >= 15 is 0 Å². The van der Waals surface area contributed by atoms with Crippen molar-refractivity contribution in [3.8, 4) is 0 Å². The lowest BCUT2D eigenvalue weighted by molar-refractivity contribution is 0.488. The van der Waals surface area contributed by atoms with Gasteiger partial charge in [-0.05, 0) is 43.2 Å². The van der Waals surface area contributed by atoms with Crippen molar-refractivity contribution >= 4 is 5.82 Å². The van der Waals surface area contributed by atoms with Gasteiger partial charge in [0.15, 0.2) is 0 Å². The number of hydrogen-bond acceptors (Lipinski definition) is 3. The molecule has 1 saturated heterocycles. The summed E-state index contributed by atoms with van der Waals surface area (Å²) in [6.45, 7) is 7.90. The molecule has 2 heterocycles. The average molecular weight is 261 g/mol. The molecule has 2 N–H and O–H groups in total. The van der Waals surface area contributed by atoms with E-state index in [1.807, 2.05) is 12.3 Å². The Balaban J connectivity index is 2.23. The highest BCUT2D eigenvalue weighted by Crippen LogP contribution is 2.30. The van der Waals surface area contributed by atoms with Crippen LogP contribution in [0.2, 0.25) is 0 Å². The zero-order chi connectivity index (χ0) is 13.8. The van der Waals surface area contributed by atoms with Crippen LogP contribution in [-0.2, 0) is 6.42 Å². The van der Waals surface area contributed by atoms with Crippen LogP contribution in [0.4, 0.5) is 5.82 Å². The minimum absolute atomic E-state index is 0.239. The highest BCUT2D eigenvalue weighted by atomic mass is 15.2. The van der Waals surface area contributed by atoms with E-state index < -0.39 is 0 Å². The Kier molecular flexibility index (Phi) is 4.81. The molecule has 0 amide bonds. The van der Waals surface area contributed by atoms with Crippen molar-refractivity contribution in [3.05, 3.63) is 23.9 Å². The normalized spacial score (nSPS) is 21.1. The number of nitrogens with zero attached hydrogens (tertiary/aromatic N) is 2. The fourth-order valence-corrected chi connectivity index (χ4v) is 3.02. The molecule has 106 valence electrons. The predicted octanol–water partition coefficient (Wildman–Crippen LogP) is 2.99. The molecule has 0 radical (unpaired) electrons. The number of pyridine rings is 1. The van der Waals surface area contributed by atoms with E-state index in [1.54, 1.807) is 0 Å². The van der Waals surface area contributed by atoms with Crippen LogP contribution >= 0.6 is 0 Å². The van der Waals surface area contributed by atoms with Gasteiger partial charge in [0.05, 0.1) is 0 Å². The SMILES string of the molecule is CCC(N)Cc1cccnc1N1CCCC1C(C)C. The van der Waals surface area contributed by atoms with Crippen LogP contribution < -0.4 is 10.6 Å². The minimum atomic E-state index is 0.239. The second-order valence-electron chi connectivity index (χ2n) is 6.01. The summed E-state index contributed by atoms with van der Waals surface area (Å²) in [5, 5.41) is 0. The maximum Gasteiger partial charge on any atom is 0.132 e. The summed E-state index contributed by atoms with van der Waals surface area (Å²) in [4.78, 5) is 7.15. The molecule has 2 atom stereocenters. The first kappa shape index (κ1) is 14.3. The van der Waals surface area contributed by atoms with Crippen molar-refractivity contribution in [1.82, 2.24) is 4.98 Å². The van der Waals surface area contributed by atoms with Crippen LogP contribution in [0, 0.1) is 5.92 Å². The monoisotopic (exact) mass is 261 g/mol. The van der Waals surface area contributed by atoms with Gasteiger partial charge in [0.2, 0.25) is 0 Å². The minimum Gasteiger partial charge on any atom is -0.353 e. The molecule has 0 bridgehead atoms. The fraction of sp³-hybridized carbons (Fsp3) is 0.688. The van der Waals surface area contributed by atoms with Gasteiger partial charge in [-0.25, -0.2) is 4.98 Å². The molecule has 0 aromatic carbocycles. The van der Waals surface area contributed by atoms with E-state index in [0.29, 0.717) is 12.0 Å². The zero-order valence-corrected chi connectivity index (χ0v) is 12.5. The van der Waals surface area contributed by atoms with Gasteiger partial charge in [-0.2, -0.15) is 0 Å². The molecular weight excluding hydrogens is 234 g/mol. The summed E-state index contributed by atoms with van der Waals surface area (Å²) < 4.78 is 0. The lowest BCUT2D eigenvalue weighted by atomic mass is 10.0. The van der Waals surface area contributed by atoms with E-state index in [1.165, 1.54) is 24.2 Å². The molecule has 1 aliphatic heterocycles. The van der Waals surface area contributed by atoms with Crippen molar-refractivity contribution < 1.29 is 0 Å².